The Hall–Kier alpha value is -1.71. The van der Waals surface area contributed by atoms with Crippen LogP contribution in [-0.2, 0) is 6.54 Å². The van der Waals surface area contributed by atoms with Crippen LogP contribution in [0.2, 0.25) is 0 Å². The maximum absolute atomic E-state index is 11.3. The summed E-state index contributed by atoms with van der Waals surface area (Å²) >= 11 is 0. The maximum Gasteiger partial charge on any atom is 0.326 e. The van der Waals surface area contributed by atoms with E-state index in [0.717, 1.165) is 0 Å². The van der Waals surface area contributed by atoms with E-state index >= 15 is 0 Å². The van der Waals surface area contributed by atoms with Gasteiger partial charge in [-0.25, -0.2) is 4.79 Å². The molecule has 0 saturated heterocycles. The van der Waals surface area contributed by atoms with Gasteiger partial charge < -0.3 is 10.1 Å². The summed E-state index contributed by atoms with van der Waals surface area (Å²) in [5.41, 5.74) is 1.07. The molecule has 4 nitrogen and oxygen atoms in total. The molecular weight excluding hydrogens is 168 g/mol. The van der Waals surface area contributed by atoms with Gasteiger partial charge in [0.05, 0.1) is 5.52 Å². The van der Waals surface area contributed by atoms with Crippen molar-refractivity contribution in [3.05, 3.63) is 28.7 Å². The van der Waals surface area contributed by atoms with E-state index in [-0.39, 0.29) is 11.4 Å². The Balaban J connectivity index is 2.96. The fourth-order valence-electron chi connectivity index (χ4n) is 1.50. The minimum absolute atomic E-state index is 0.137. The van der Waals surface area contributed by atoms with Gasteiger partial charge in [0.2, 0.25) is 0 Å². The molecule has 2 aromatic rings. The van der Waals surface area contributed by atoms with E-state index in [0.29, 0.717) is 17.6 Å². The Morgan fingerprint density at radius 1 is 1.54 bits per heavy atom. The number of H-pyrrole nitrogens is 1. The van der Waals surface area contributed by atoms with Crippen LogP contribution in [0.15, 0.2) is 23.0 Å². The molecule has 2 rings (SSSR count). The highest BCUT2D eigenvalue weighted by molar-refractivity contribution is 5.81. The first-order valence-corrected chi connectivity index (χ1v) is 4.14. The van der Waals surface area contributed by atoms with E-state index in [4.69, 9.17) is 0 Å². The van der Waals surface area contributed by atoms with Crippen LogP contribution in [0.3, 0.4) is 0 Å². The average molecular weight is 178 g/mol. The lowest BCUT2D eigenvalue weighted by Crippen LogP contribution is -2.14. The van der Waals surface area contributed by atoms with E-state index in [9.17, 15) is 9.90 Å². The Labute approximate surface area is 74.4 Å². The summed E-state index contributed by atoms with van der Waals surface area (Å²) in [7, 11) is 0. The van der Waals surface area contributed by atoms with Gasteiger partial charge in [0.25, 0.3) is 0 Å². The number of fused-ring (bicyclic) bond motifs is 1. The second kappa shape index (κ2) is 2.65. The predicted molar refractivity (Wildman–Crippen MR) is 49.9 cm³/mol. The lowest BCUT2D eigenvalue weighted by molar-refractivity contribution is 0.477. The topological polar surface area (TPSA) is 58.0 Å². The molecular formula is C9H10N2O2. The van der Waals surface area contributed by atoms with Gasteiger partial charge in [0.1, 0.15) is 11.3 Å². The molecule has 13 heavy (non-hydrogen) atoms. The molecule has 0 saturated carbocycles. The molecule has 0 aliphatic rings. The predicted octanol–water partition coefficient (Wildman–Crippen LogP) is 1.06. The van der Waals surface area contributed by atoms with E-state index < -0.39 is 0 Å². The number of aryl methyl sites for hydroxylation is 1. The molecule has 0 spiro atoms. The van der Waals surface area contributed by atoms with Crippen LogP contribution in [0.1, 0.15) is 6.92 Å². The fourth-order valence-corrected chi connectivity index (χ4v) is 1.50. The number of aromatic amines is 1. The number of imidazole rings is 1. The lowest BCUT2D eigenvalue weighted by Gasteiger charge is -1.99. The van der Waals surface area contributed by atoms with Crippen molar-refractivity contribution in [1.29, 1.82) is 0 Å². The van der Waals surface area contributed by atoms with Crippen LogP contribution >= 0.6 is 0 Å². The number of hydrogen-bond donors (Lipinski definition) is 2. The van der Waals surface area contributed by atoms with E-state index in [1.54, 1.807) is 18.2 Å². The van der Waals surface area contributed by atoms with Crippen LogP contribution < -0.4 is 5.69 Å². The highest BCUT2D eigenvalue weighted by Crippen LogP contribution is 2.21. The first-order chi connectivity index (χ1) is 6.24. The third-order valence-electron chi connectivity index (χ3n) is 2.09. The molecule has 0 unspecified atom stereocenters. The monoisotopic (exact) mass is 178 g/mol. The molecule has 2 N–H and O–H groups in total. The number of nitrogens with one attached hydrogen (secondary N) is 1. The molecule has 0 bridgehead atoms. The third kappa shape index (κ3) is 1.02. The van der Waals surface area contributed by atoms with Crippen molar-refractivity contribution >= 4 is 11.0 Å². The van der Waals surface area contributed by atoms with Gasteiger partial charge >= 0.3 is 5.69 Å². The zero-order chi connectivity index (χ0) is 9.42. The number of hydrogen-bond acceptors (Lipinski definition) is 2. The number of aromatic hydroxyl groups is 1. The Morgan fingerprint density at radius 3 is 3.00 bits per heavy atom. The number of benzene rings is 1. The molecule has 0 amide bonds. The minimum Gasteiger partial charge on any atom is -0.506 e. The van der Waals surface area contributed by atoms with Crippen LogP contribution in [0.25, 0.3) is 11.0 Å². The summed E-state index contributed by atoms with van der Waals surface area (Å²) in [5.74, 6) is 0.137. The molecule has 68 valence electrons. The fraction of sp³-hybridized carbons (Fsp3) is 0.222. The molecule has 0 atom stereocenters. The van der Waals surface area contributed by atoms with Crippen molar-refractivity contribution in [2.75, 3.05) is 0 Å². The SMILES string of the molecule is CCn1c(=O)[nH]c2cccc(O)c21. The second-order valence-electron chi connectivity index (χ2n) is 2.85. The first-order valence-electron chi connectivity index (χ1n) is 4.14. The number of para-hydroxylation sites is 1. The van der Waals surface area contributed by atoms with Gasteiger partial charge in [-0.05, 0) is 19.1 Å². The van der Waals surface area contributed by atoms with Crippen molar-refractivity contribution in [3.63, 3.8) is 0 Å². The van der Waals surface area contributed by atoms with Crippen LogP contribution in [0.4, 0.5) is 0 Å². The zero-order valence-electron chi connectivity index (χ0n) is 7.24. The van der Waals surface area contributed by atoms with Crippen molar-refractivity contribution in [2.24, 2.45) is 0 Å². The number of phenolic OH excluding ortho intramolecular Hbond substituents is 1. The van der Waals surface area contributed by atoms with E-state index in [2.05, 4.69) is 4.98 Å². The van der Waals surface area contributed by atoms with E-state index in [1.807, 2.05) is 6.92 Å². The highest BCUT2D eigenvalue weighted by Gasteiger charge is 2.07. The van der Waals surface area contributed by atoms with Gasteiger partial charge in [-0.3, -0.25) is 4.57 Å². The summed E-state index contributed by atoms with van der Waals surface area (Å²) in [5, 5.41) is 9.52. The van der Waals surface area contributed by atoms with Gasteiger partial charge in [0, 0.05) is 6.54 Å². The molecule has 1 aromatic heterocycles. The summed E-state index contributed by atoms with van der Waals surface area (Å²) in [6.07, 6.45) is 0. The summed E-state index contributed by atoms with van der Waals surface area (Å²) in [4.78, 5) is 14.0. The van der Waals surface area contributed by atoms with Gasteiger partial charge in [-0.2, -0.15) is 0 Å². The largest absolute Gasteiger partial charge is 0.506 e. The Bertz CT molecular complexity index is 496. The molecule has 4 heteroatoms. The molecule has 0 radical (unpaired) electrons. The van der Waals surface area contributed by atoms with Crippen molar-refractivity contribution in [2.45, 2.75) is 13.5 Å². The van der Waals surface area contributed by atoms with Gasteiger partial charge in [-0.15, -0.1) is 0 Å². The van der Waals surface area contributed by atoms with Crippen molar-refractivity contribution in [1.82, 2.24) is 9.55 Å². The van der Waals surface area contributed by atoms with Crippen LogP contribution in [-0.4, -0.2) is 14.7 Å². The maximum atomic E-state index is 11.3. The first kappa shape index (κ1) is 7.91. The van der Waals surface area contributed by atoms with Crippen molar-refractivity contribution < 1.29 is 5.11 Å². The Kier molecular flexibility index (Phi) is 1.62. The summed E-state index contributed by atoms with van der Waals surface area (Å²) < 4.78 is 1.50. The average Bonchev–Trinajstić information content (AvgIpc) is 2.42. The van der Waals surface area contributed by atoms with E-state index in [1.165, 1.54) is 4.57 Å². The number of nitrogens with zero attached hydrogens (tertiary/aromatic N) is 1. The molecule has 1 aromatic carbocycles. The summed E-state index contributed by atoms with van der Waals surface area (Å²) in [6.45, 7) is 2.41. The zero-order valence-corrected chi connectivity index (χ0v) is 7.24. The van der Waals surface area contributed by atoms with Crippen LogP contribution in [0, 0.1) is 0 Å². The normalized spacial score (nSPS) is 10.8. The quantitative estimate of drug-likeness (QED) is 0.685. The molecule has 0 fully saturated rings. The lowest BCUT2D eigenvalue weighted by atomic mass is 10.3. The van der Waals surface area contributed by atoms with Gasteiger partial charge in [0.15, 0.2) is 0 Å². The summed E-state index contributed by atoms with van der Waals surface area (Å²) in [6, 6.07) is 5.04. The van der Waals surface area contributed by atoms with Crippen LogP contribution in [0.5, 0.6) is 5.75 Å². The number of aromatic nitrogens is 2. The molecule has 0 aliphatic heterocycles. The molecule has 0 aliphatic carbocycles. The highest BCUT2D eigenvalue weighted by atomic mass is 16.3. The molecule has 1 heterocycles. The standard InChI is InChI=1S/C9H10N2O2/c1-2-11-8-6(10-9(11)13)4-3-5-7(8)12/h3-5,12H,2H2,1H3,(H,10,13). The minimum atomic E-state index is -0.181. The Morgan fingerprint density at radius 2 is 2.31 bits per heavy atom. The third-order valence-corrected chi connectivity index (χ3v) is 2.09. The smallest absolute Gasteiger partial charge is 0.326 e. The second-order valence-corrected chi connectivity index (χ2v) is 2.85. The van der Waals surface area contributed by atoms with Crippen molar-refractivity contribution in [3.8, 4) is 5.75 Å². The number of rotatable bonds is 1. The number of phenols is 1. The van der Waals surface area contributed by atoms with Gasteiger partial charge in [-0.1, -0.05) is 6.07 Å².